The van der Waals surface area contributed by atoms with Crippen molar-refractivity contribution >= 4 is 28.8 Å². The maximum atomic E-state index is 11.5. The summed E-state index contributed by atoms with van der Waals surface area (Å²) in [5, 5.41) is 14.7. The lowest BCUT2D eigenvalue weighted by Gasteiger charge is -2.36. The van der Waals surface area contributed by atoms with Gasteiger partial charge < -0.3 is 10.4 Å². The zero-order valence-corrected chi connectivity index (χ0v) is 9.57. The highest BCUT2D eigenvalue weighted by Crippen LogP contribution is 2.30. The summed E-state index contributed by atoms with van der Waals surface area (Å²) in [6.07, 6.45) is 2.53. The summed E-state index contributed by atoms with van der Waals surface area (Å²) >= 11 is 6.80. The lowest BCUT2D eigenvalue weighted by atomic mass is 9.80. The third-order valence-electron chi connectivity index (χ3n) is 2.53. The monoisotopic (exact) mass is 246 g/mol. The number of nitrogens with one attached hydrogen (secondary N) is 1. The van der Waals surface area contributed by atoms with Crippen molar-refractivity contribution in [2.45, 2.75) is 24.9 Å². The average molecular weight is 247 g/mol. The average Bonchev–Trinajstić information content (AvgIpc) is 2.58. The van der Waals surface area contributed by atoms with Gasteiger partial charge in [0.05, 0.1) is 5.60 Å². The first kappa shape index (κ1) is 10.9. The molecule has 2 rings (SSSR count). The van der Waals surface area contributed by atoms with Gasteiger partial charge in [-0.05, 0) is 19.3 Å². The van der Waals surface area contributed by atoms with Crippen LogP contribution in [0.5, 0.6) is 0 Å². The van der Waals surface area contributed by atoms with Crippen molar-refractivity contribution in [2.75, 3.05) is 6.54 Å². The van der Waals surface area contributed by atoms with Gasteiger partial charge in [-0.3, -0.25) is 4.79 Å². The van der Waals surface area contributed by atoms with E-state index in [9.17, 15) is 9.90 Å². The number of hydrogen-bond donors (Lipinski definition) is 2. The van der Waals surface area contributed by atoms with Crippen LogP contribution in [-0.2, 0) is 0 Å². The first-order valence-corrected chi connectivity index (χ1v) is 5.96. The maximum absolute atomic E-state index is 11.5. The van der Waals surface area contributed by atoms with Gasteiger partial charge in [0.25, 0.3) is 5.91 Å². The minimum atomic E-state index is -0.698. The molecule has 0 radical (unpaired) electrons. The molecule has 0 unspecified atom stereocenters. The van der Waals surface area contributed by atoms with Crippen LogP contribution in [-0.4, -0.2) is 28.1 Å². The van der Waals surface area contributed by atoms with E-state index in [1.165, 1.54) is 11.3 Å². The SMILES string of the molecule is O=C(NCC1(O)CCC1)c1nc(Cl)cs1. The van der Waals surface area contributed by atoms with Gasteiger partial charge in [0.1, 0.15) is 5.15 Å². The number of carbonyl (C=O) groups excluding carboxylic acids is 1. The number of amides is 1. The molecule has 82 valence electrons. The fraction of sp³-hybridized carbons (Fsp3) is 0.556. The highest BCUT2D eigenvalue weighted by atomic mass is 35.5. The lowest BCUT2D eigenvalue weighted by Crippen LogP contribution is -2.47. The molecular weight excluding hydrogens is 236 g/mol. The van der Waals surface area contributed by atoms with Crippen LogP contribution in [0.15, 0.2) is 5.38 Å². The fourth-order valence-electron chi connectivity index (χ4n) is 1.44. The van der Waals surface area contributed by atoms with E-state index in [0.29, 0.717) is 16.7 Å². The van der Waals surface area contributed by atoms with Crippen molar-refractivity contribution in [1.29, 1.82) is 0 Å². The number of hydrogen-bond acceptors (Lipinski definition) is 4. The zero-order chi connectivity index (χ0) is 10.9. The van der Waals surface area contributed by atoms with Crippen LogP contribution in [0.25, 0.3) is 0 Å². The summed E-state index contributed by atoms with van der Waals surface area (Å²) in [4.78, 5) is 15.4. The topological polar surface area (TPSA) is 62.2 Å². The number of nitrogens with zero attached hydrogens (tertiary/aromatic N) is 1. The molecule has 1 aliphatic rings. The first-order chi connectivity index (χ1) is 7.09. The van der Waals surface area contributed by atoms with Gasteiger partial charge in [0.15, 0.2) is 5.01 Å². The van der Waals surface area contributed by atoms with Crippen LogP contribution in [0, 0.1) is 0 Å². The Hall–Kier alpha value is -0.650. The normalized spacial score (nSPS) is 18.3. The molecular formula is C9H11ClN2O2S. The molecule has 1 fully saturated rings. The molecule has 15 heavy (non-hydrogen) atoms. The molecule has 1 aliphatic carbocycles. The Balaban J connectivity index is 1.87. The summed E-state index contributed by atoms with van der Waals surface area (Å²) < 4.78 is 0. The Morgan fingerprint density at radius 1 is 1.73 bits per heavy atom. The molecule has 0 aliphatic heterocycles. The van der Waals surface area contributed by atoms with Crippen molar-refractivity contribution in [3.05, 3.63) is 15.5 Å². The van der Waals surface area contributed by atoms with Gasteiger partial charge in [-0.1, -0.05) is 11.6 Å². The second kappa shape index (κ2) is 4.08. The minimum absolute atomic E-state index is 0.271. The number of halogens is 1. The van der Waals surface area contributed by atoms with Gasteiger partial charge in [-0.15, -0.1) is 11.3 Å². The van der Waals surface area contributed by atoms with Crippen molar-refractivity contribution in [3.63, 3.8) is 0 Å². The largest absolute Gasteiger partial charge is 0.388 e. The summed E-state index contributed by atoms with van der Waals surface area (Å²) in [5.41, 5.74) is -0.698. The maximum Gasteiger partial charge on any atom is 0.280 e. The predicted octanol–water partition coefficient (Wildman–Crippen LogP) is 1.44. The van der Waals surface area contributed by atoms with Gasteiger partial charge in [0, 0.05) is 11.9 Å². The molecule has 4 nitrogen and oxygen atoms in total. The fourth-order valence-corrected chi connectivity index (χ4v) is 2.30. The molecule has 0 bridgehead atoms. The molecule has 1 aromatic heterocycles. The van der Waals surface area contributed by atoms with Crippen LogP contribution < -0.4 is 5.32 Å². The van der Waals surface area contributed by atoms with E-state index in [0.717, 1.165) is 19.3 Å². The molecule has 6 heteroatoms. The number of rotatable bonds is 3. The van der Waals surface area contributed by atoms with Crippen LogP contribution >= 0.6 is 22.9 Å². The van der Waals surface area contributed by atoms with E-state index in [-0.39, 0.29) is 5.91 Å². The zero-order valence-electron chi connectivity index (χ0n) is 7.99. The molecule has 0 atom stereocenters. The summed E-state index contributed by atoms with van der Waals surface area (Å²) in [6.45, 7) is 0.295. The summed E-state index contributed by atoms with van der Waals surface area (Å²) in [6, 6.07) is 0. The number of aromatic nitrogens is 1. The number of carbonyl (C=O) groups is 1. The van der Waals surface area contributed by atoms with Gasteiger partial charge in [-0.2, -0.15) is 0 Å². The predicted molar refractivity (Wildman–Crippen MR) is 58.3 cm³/mol. The Morgan fingerprint density at radius 3 is 2.93 bits per heavy atom. The standard InChI is InChI=1S/C9H11ClN2O2S/c10-6-4-15-8(12-6)7(13)11-5-9(14)2-1-3-9/h4,14H,1-3,5H2,(H,11,13). The van der Waals surface area contributed by atoms with Crippen LogP contribution in [0.4, 0.5) is 0 Å². The van der Waals surface area contributed by atoms with E-state index in [2.05, 4.69) is 10.3 Å². The van der Waals surface area contributed by atoms with E-state index in [4.69, 9.17) is 11.6 Å². The quantitative estimate of drug-likeness (QED) is 0.849. The van der Waals surface area contributed by atoms with Crippen molar-refractivity contribution in [3.8, 4) is 0 Å². The molecule has 0 saturated heterocycles. The molecule has 1 aromatic rings. The Bertz CT molecular complexity index is 376. The lowest BCUT2D eigenvalue weighted by molar-refractivity contribution is -0.0300. The third kappa shape index (κ3) is 2.48. The van der Waals surface area contributed by atoms with E-state index in [1.54, 1.807) is 5.38 Å². The van der Waals surface area contributed by atoms with E-state index < -0.39 is 5.60 Å². The highest BCUT2D eigenvalue weighted by Gasteiger charge is 2.34. The second-order valence-corrected chi connectivity index (χ2v) is 4.98. The summed E-state index contributed by atoms with van der Waals surface area (Å²) in [7, 11) is 0. The molecule has 1 amide bonds. The molecule has 1 heterocycles. The number of thiazole rings is 1. The van der Waals surface area contributed by atoms with Crippen LogP contribution in [0.3, 0.4) is 0 Å². The molecule has 0 aromatic carbocycles. The number of aliphatic hydroxyl groups is 1. The van der Waals surface area contributed by atoms with E-state index in [1.807, 2.05) is 0 Å². The molecule has 0 spiro atoms. The smallest absolute Gasteiger partial charge is 0.280 e. The minimum Gasteiger partial charge on any atom is -0.388 e. The van der Waals surface area contributed by atoms with Gasteiger partial charge >= 0.3 is 0 Å². The third-order valence-corrected chi connectivity index (χ3v) is 3.70. The second-order valence-electron chi connectivity index (χ2n) is 3.74. The van der Waals surface area contributed by atoms with Crippen molar-refractivity contribution < 1.29 is 9.90 Å². The summed E-state index contributed by atoms with van der Waals surface area (Å²) in [5.74, 6) is -0.271. The highest BCUT2D eigenvalue weighted by molar-refractivity contribution is 7.12. The molecule has 1 saturated carbocycles. The van der Waals surface area contributed by atoms with Crippen LogP contribution in [0.2, 0.25) is 5.15 Å². The molecule has 2 N–H and O–H groups in total. The van der Waals surface area contributed by atoms with Gasteiger partial charge in [0.2, 0.25) is 0 Å². The van der Waals surface area contributed by atoms with E-state index >= 15 is 0 Å². The van der Waals surface area contributed by atoms with Gasteiger partial charge in [-0.25, -0.2) is 4.98 Å². The van der Waals surface area contributed by atoms with Crippen molar-refractivity contribution in [1.82, 2.24) is 10.3 Å². The van der Waals surface area contributed by atoms with Crippen molar-refractivity contribution in [2.24, 2.45) is 0 Å². The Labute approximate surface area is 96.3 Å². The Morgan fingerprint density at radius 2 is 2.47 bits per heavy atom. The Kier molecular flexibility index (Phi) is 2.95. The van der Waals surface area contributed by atoms with Crippen LogP contribution in [0.1, 0.15) is 29.1 Å². The first-order valence-electron chi connectivity index (χ1n) is 4.71.